The molecule has 0 bridgehead atoms. The molecular weight excluding hydrogens is 234 g/mol. The van der Waals surface area contributed by atoms with Crippen molar-refractivity contribution in [3.63, 3.8) is 0 Å². The van der Waals surface area contributed by atoms with E-state index in [0.29, 0.717) is 11.2 Å². The Morgan fingerprint density at radius 2 is 2.29 bits per heavy atom. The zero-order chi connectivity index (χ0) is 12.3. The average Bonchev–Trinajstić information content (AvgIpc) is 2.74. The topological polar surface area (TPSA) is 66.5 Å². The number of nitrogens with zero attached hydrogens (tertiary/aromatic N) is 3. The van der Waals surface area contributed by atoms with E-state index in [9.17, 15) is 0 Å². The van der Waals surface area contributed by atoms with Crippen molar-refractivity contribution in [1.82, 2.24) is 25.5 Å². The molecule has 1 unspecified atom stereocenters. The molecule has 0 radical (unpaired) electrons. The summed E-state index contributed by atoms with van der Waals surface area (Å²) in [6, 6.07) is 4.37. The molecule has 0 spiro atoms. The molecule has 0 saturated heterocycles. The molecule has 90 valence electrons. The lowest BCUT2D eigenvalue weighted by atomic mass is 10.1. The number of nitrogens with one attached hydrogen (secondary N) is 2. The third kappa shape index (κ3) is 3.04. The van der Waals surface area contributed by atoms with Crippen molar-refractivity contribution in [2.24, 2.45) is 0 Å². The number of aromatic nitrogens is 4. The number of aryl methyl sites for hydroxylation is 1. The fourth-order valence-electron chi connectivity index (χ4n) is 1.38. The van der Waals surface area contributed by atoms with Crippen LogP contribution in [0.5, 0.6) is 0 Å². The van der Waals surface area contributed by atoms with Gasteiger partial charge in [0.2, 0.25) is 5.16 Å². The molecule has 0 aliphatic heterocycles. The normalized spacial score (nSPS) is 12.6. The van der Waals surface area contributed by atoms with E-state index in [-0.39, 0.29) is 0 Å². The van der Waals surface area contributed by atoms with E-state index < -0.39 is 0 Å². The predicted octanol–water partition coefficient (Wildman–Crippen LogP) is 1.94. The monoisotopic (exact) mass is 249 g/mol. The van der Waals surface area contributed by atoms with Gasteiger partial charge >= 0.3 is 0 Å². The Balaban J connectivity index is 2.16. The van der Waals surface area contributed by atoms with Gasteiger partial charge in [0.1, 0.15) is 10.9 Å². The molecule has 0 fully saturated rings. The Hall–Kier alpha value is -1.40. The smallest absolute Gasteiger partial charge is 0.214 e. The van der Waals surface area contributed by atoms with E-state index in [1.165, 1.54) is 17.3 Å². The summed E-state index contributed by atoms with van der Waals surface area (Å²) in [5, 5.41) is 11.7. The first-order valence-electron chi connectivity index (χ1n) is 5.39. The second-order valence-corrected chi connectivity index (χ2v) is 4.73. The maximum absolute atomic E-state index is 4.30. The van der Waals surface area contributed by atoms with Crippen LogP contribution in [0.3, 0.4) is 0 Å². The van der Waals surface area contributed by atoms with E-state index in [0.717, 1.165) is 10.9 Å². The highest BCUT2D eigenvalue weighted by atomic mass is 32.2. The second kappa shape index (κ2) is 5.29. The largest absolute Gasteiger partial charge is 0.313 e. The van der Waals surface area contributed by atoms with Crippen LogP contribution in [0.2, 0.25) is 0 Å². The molecule has 6 heteroatoms. The SMILES string of the molecule is CNC(C)c1ccnc(Sc2n[nH]c(C)n2)c1. The zero-order valence-corrected chi connectivity index (χ0v) is 10.9. The van der Waals surface area contributed by atoms with Gasteiger partial charge in [-0.3, -0.25) is 5.10 Å². The Labute approximate surface area is 104 Å². The van der Waals surface area contributed by atoms with Gasteiger partial charge in [0.25, 0.3) is 0 Å². The van der Waals surface area contributed by atoms with E-state index in [2.05, 4.69) is 38.5 Å². The van der Waals surface area contributed by atoms with Crippen molar-refractivity contribution >= 4 is 11.8 Å². The summed E-state index contributed by atoms with van der Waals surface area (Å²) in [6.07, 6.45) is 1.81. The van der Waals surface area contributed by atoms with Crippen LogP contribution < -0.4 is 5.32 Å². The Kier molecular flexibility index (Phi) is 3.75. The minimum Gasteiger partial charge on any atom is -0.313 e. The standard InChI is InChI=1S/C11H15N5S/c1-7(12-3)9-4-5-13-10(6-9)17-11-14-8(2)15-16-11/h4-7,12H,1-3H3,(H,14,15,16). The van der Waals surface area contributed by atoms with Gasteiger partial charge in [-0.1, -0.05) is 0 Å². The molecule has 2 aromatic heterocycles. The van der Waals surface area contributed by atoms with Gasteiger partial charge in [0, 0.05) is 12.2 Å². The highest BCUT2D eigenvalue weighted by Gasteiger charge is 2.07. The van der Waals surface area contributed by atoms with Gasteiger partial charge in [-0.15, -0.1) is 5.10 Å². The van der Waals surface area contributed by atoms with Gasteiger partial charge in [0.15, 0.2) is 0 Å². The molecule has 0 aromatic carbocycles. The third-order valence-corrected chi connectivity index (χ3v) is 3.26. The highest BCUT2D eigenvalue weighted by molar-refractivity contribution is 7.99. The quantitative estimate of drug-likeness (QED) is 0.866. The van der Waals surface area contributed by atoms with Crippen LogP contribution in [0, 0.1) is 6.92 Å². The van der Waals surface area contributed by atoms with Crippen molar-refractivity contribution in [1.29, 1.82) is 0 Å². The second-order valence-electron chi connectivity index (χ2n) is 3.74. The van der Waals surface area contributed by atoms with Gasteiger partial charge in [0.05, 0.1) is 0 Å². The molecule has 2 aromatic rings. The molecule has 2 heterocycles. The summed E-state index contributed by atoms with van der Waals surface area (Å²) in [5.74, 6) is 0.812. The lowest BCUT2D eigenvalue weighted by molar-refractivity contribution is 0.649. The highest BCUT2D eigenvalue weighted by Crippen LogP contribution is 2.24. The maximum atomic E-state index is 4.30. The van der Waals surface area contributed by atoms with Crippen LogP contribution in [0.4, 0.5) is 0 Å². The zero-order valence-electron chi connectivity index (χ0n) is 10.1. The van der Waals surface area contributed by atoms with Crippen molar-refractivity contribution in [2.75, 3.05) is 7.05 Å². The number of H-pyrrole nitrogens is 1. The molecule has 17 heavy (non-hydrogen) atoms. The van der Waals surface area contributed by atoms with Crippen molar-refractivity contribution in [3.8, 4) is 0 Å². The first-order valence-corrected chi connectivity index (χ1v) is 6.21. The van der Waals surface area contributed by atoms with Crippen LogP contribution in [-0.4, -0.2) is 27.2 Å². The third-order valence-electron chi connectivity index (χ3n) is 2.46. The number of hydrogen-bond donors (Lipinski definition) is 2. The number of pyridine rings is 1. The fraction of sp³-hybridized carbons (Fsp3) is 0.364. The number of rotatable bonds is 4. The van der Waals surface area contributed by atoms with Crippen LogP contribution >= 0.6 is 11.8 Å². The number of hydrogen-bond acceptors (Lipinski definition) is 5. The maximum Gasteiger partial charge on any atom is 0.214 e. The van der Waals surface area contributed by atoms with Gasteiger partial charge < -0.3 is 5.32 Å². The van der Waals surface area contributed by atoms with Gasteiger partial charge in [-0.05, 0) is 50.4 Å². The molecule has 0 aliphatic carbocycles. The first kappa shape index (κ1) is 12.1. The van der Waals surface area contributed by atoms with Crippen molar-refractivity contribution < 1.29 is 0 Å². The fourth-order valence-corrected chi connectivity index (χ4v) is 2.15. The molecule has 5 nitrogen and oxygen atoms in total. The number of aromatic amines is 1. The van der Waals surface area contributed by atoms with Crippen LogP contribution in [0.1, 0.15) is 24.4 Å². The van der Waals surface area contributed by atoms with Gasteiger partial charge in [-0.25, -0.2) is 9.97 Å². The molecule has 2 N–H and O–H groups in total. The summed E-state index contributed by atoms with van der Waals surface area (Å²) < 4.78 is 0. The van der Waals surface area contributed by atoms with Crippen LogP contribution in [-0.2, 0) is 0 Å². The molecule has 0 saturated carbocycles. The molecular formula is C11H15N5S. The molecule has 0 aliphatic rings. The minimum absolute atomic E-state index is 0.311. The summed E-state index contributed by atoms with van der Waals surface area (Å²) in [5.41, 5.74) is 1.21. The average molecular weight is 249 g/mol. The molecule has 0 amide bonds. The summed E-state index contributed by atoms with van der Waals surface area (Å²) >= 11 is 1.46. The summed E-state index contributed by atoms with van der Waals surface area (Å²) in [6.45, 7) is 3.99. The van der Waals surface area contributed by atoms with Gasteiger partial charge in [-0.2, -0.15) is 0 Å². The first-order chi connectivity index (χ1) is 8.19. The van der Waals surface area contributed by atoms with E-state index in [1.807, 2.05) is 26.2 Å². The lowest BCUT2D eigenvalue weighted by Crippen LogP contribution is -2.12. The Morgan fingerprint density at radius 1 is 1.47 bits per heavy atom. The predicted molar refractivity (Wildman–Crippen MR) is 67.0 cm³/mol. The Bertz CT molecular complexity index is 496. The van der Waals surface area contributed by atoms with Crippen LogP contribution in [0.15, 0.2) is 28.5 Å². The van der Waals surface area contributed by atoms with Crippen molar-refractivity contribution in [3.05, 3.63) is 29.7 Å². The summed E-state index contributed by atoms with van der Waals surface area (Å²) in [7, 11) is 1.94. The molecule has 2 rings (SSSR count). The summed E-state index contributed by atoms with van der Waals surface area (Å²) in [4.78, 5) is 8.54. The van der Waals surface area contributed by atoms with E-state index in [1.54, 1.807) is 0 Å². The van der Waals surface area contributed by atoms with E-state index in [4.69, 9.17) is 0 Å². The lowest BCUT2D eigenvalue weighted by Gasteiger charge is -2.10. The van der Waals surface area contributed by atoms with Crippen LogP contribution in [0.25, 0.3) is 0 Å². The van der Waals surface area contributed by atoms with E-state index >= 15 is 0 Å². The Morgan fingerprint density at radius 3 is 2.94 bits per heavy atom. The minimum atomic E-state index is 0.311. The molecule has 1 atom stereocenters. The van der Waals surface area contributed by atoms with Crippen molar-refractivity contribution in [2.45, 2.75) is 30.1 Å².